The highest BCUT2D eigenvalue weighted by molar-refractivity contribution is 6.23. The third kappa shape index (κ3) is 3.32. The van der Waals surface area contributed by atoms with Gasteiger partial charge in [0.2, 0.25) is 0 Å². The Kier molecular flexibility index (Phi) is 4.77. The van der Waals surface area contributed by atoms with Crippen molar-refractivity contribution in [2.45, 2.75) is 12.5 Å². The van der Waals surface area contributed by atoms with Crippen molar-refractivity contribution in [3.8, 4) is 5.75 Å². The van der Waals surface area contributed by atoms with Gasteiger partial charge in [-0.05, 0) is 23.3 Å². The van der Waals surface area contributed by atoms with Crippen LogP contribution < -0.4 is 21.3 Å². The fraction of sp³-hybridized carbons (Fsp3) is 0.107. The Morgan fingerprint density at radius 2 is 1.54 bits per heavy atom. The van der Waals surface area contributed by atoms with Crippen molar-refractivity contribution < 1.29 is 9.53 Å². The summed E-state index contributed by atoms with van der Waals surface area (Å²) in [6.07, 6.45) is 0. The number of allylic oxidation sites excluding steroid dienone is 1. The van der Waals surface area contributed by atoms with Crippen molar-refractivity contribution in [2.75, 3.05) is 5.32 Å². The monoisotopic (exact) mass is 463 g/mol. The molecule has 0 bridgehead atoms. The Morgan fingerprint density at radius 3 is 2.29 bits per heavy atom. The van der Waals surface area contributed by atoms with Crippen molar-refractivity contribution in [1.29, 1.82) is 0 Å². The van der Waals surface area contributed by atoms with Crippen LogP contribution in [-0.4, -0.2) is 15.3 Å². The van der Waals surface area contributed by atoms with E-state index in [9.17, 15) is 14.4 Å². The van der Waals surface area contributed by atoms with Crippen LogP contribution in [-0.2, 0) is 13.7 Å². The van der Waals surface area contributed by atoms with Crippen LogP contribution in [0.2, 0.25) is 0 Å². The van der Waals surface area contributed by atoms with E-state index in [4.69, 9.17) is 4.74 Å². The van der Waals surface area contributed by atoms with Crippen LogP contribution in [0.4, 0.5) is 5.82 Å². The molecule has 0 radical (unpaired) electrons. The number of carbonyl (C=O) groups excluding carboxylic acids is 1. The second-order valence-corrected chi connectivity index (χ2v) is 8.65. The normalized spacial score (nSPS) is 15.8. The molecule has 1 aliphatic carbocycles. The quantitative estimate of drug-likeness (QED) is 0.480. The lowest BCUT2D eigenvalue weighted by atomic mass is 9.81. The molecule has 2 aliphatic rings. The summed E-state index contributed by atoms with van der Waals surface area (Å²) in [4.78, 5) is 41.3. The molecular weight excluding hydrogens is 442 g/mol. The van der Waals surface area contributed by atoms with Crippen LogP contribution in [0.1, 0.15) is 38.5 Å². The van der Waals surface area contributed by atoms with Gasteiger partial charge in [0, 0.05) is 29.7 Å². The fourth-order valence-electron chi connectivity index (χ4n) is 4.86. The zero-order chi connectivity index (χ0) is 24.1. The molecule has 0 saturated carbocycles. The first kappa shape index (κ1) is 20.9. The molecule has 2 heterocycles. The number of benzene rings is 3. The molecule has 0 saturated heterocycles. The Balaban J connectivity index is 1.45. The van der Waals surface area contributed by atoms with Crippen LogP contribution in [0.5, 0.6) is 5.75 Å². The number of hydrogen-bond acceptors (Lipinski definition) is 5. The van der Waals surface area contributed by atoms with Crippen molar-refractivity contribution in [1.82, 2.24) is 9.55 Å². The number of anilines is 1. The molecule has 1 unspecified atom stereocenters. The molecule has 1 aromatic heterocycles. The minimum atomic E-state index is -0.639. The molecule has 7 nitrogen and oxygen atoms in total. The van der Waals surface area contributed by atoms with Gasteiger partial charge in [0.25, 0.3) is 5.56 Å². The summed E-state index contributed by atoms with van der Waals surface area (Å²) in [5.41, 5.74) is 3.59. The summed E-state index contributed by atoms with van der Waals surface area (Å²) in [5, 5.41) is 3.22. The maximum atomic E-state index is 13.5. The standard InChI is InChI=1S/C28H21N3O4/c1-31-26-23(27(33)30-28(31)34)21(22-24(29-26)19-9-5-6-10-20(19)25(22)32)17-11-13-18(14-12-17)35-15-16-7-3-2-4-8-16/h2-14,21,29H,15H2,1H3,(H,30,33,34). The van der Waals surface area contributed by atoms with E-state index in [2.05, 4.69) is 10.3 Å². The zero-order valence-corrected chi connectivity index (χ0v) is 18.9. The molecule has 35 heavy (non-hydrogen) atoms. The molecule has 3 aromatic carbocycles. The van der Waals surface area contributed by atoms with E-state index in [1.807, 2.05) is 72.8 Å². The lowest BCUT2D eigenvalue weighted by Crippen LogP contribution is -2.37. The molecule has 1 aliphatic heterocycles. The third-order valence-electron chi connectivity index (χ3n) is 6.60. The molecule has 172 valence electrons. The van der Waals surface area contributed by atoms with E-state index < -0.39 is 17.2 Å². The second-order valence-electron chi connectivity index (χ2n) is 8.65. The van der Waals surface area contributed by atoms with Crippen LogP contribution in [0.25, 0.3) is 5.70 Å². The summed E-state index contributed by atoms with van der Waals surface area (Å²) in [6.45, 7) is 0.432. The highest BCUT2D eigenvalue weighted by Crippen LogP contribution is 2.47. The minimum Gasteiger partial charge on any atom is -0.489 e. The Labute approximate surface area is 200 Å². The predicted octanol–water partition coefficient (Wildman–Crippen LogP) is 3.82. The number of ether oxygens (including phenoxy) is 1. The van der Waals surface area contributed by atoms with E-state index >= 15 is 0 Å². The maximum absolute atomic E-state index is 13.5. The average molecular weight is 463 g/mol. The van der Waals surface area contributed by atoms with Crippen LogP contribution in [0, 0.1) is 0 Å². The molecule has 1 atom stereocenters. The number of nitrogens with zero attached hydrogens (tertiary/aromatic N) is 1. The maximum Gasteiger partial charge on any atom is 0.329 e. The SMILES string of the molecule is Cn1c2c(c(=O)[nH]c1=O)C(c1ccc(OCc3ccccc3)cc1)C1=C(N2)c2ccccc2C1=O. The highest BCUT2D eigenvalue weighted by Gasteiger charge is 2.42. The van der Waals surface area contributed by atoms with Crippen LogP contribution >= 0.6 is 0 Å². The van der Waals surface area contributed by atoms with Gasteiger partial charge in [0.05, 0.1) is 11.3 Å². The zero-order valence-electron chi connectivity index (χ0n) is 18.9. The van der Waals surface area contributed by atoms with Gasteiger partial charge in [-0.15, -0.1) is 0 Å². The first-order chi connectivity index (χ1) is 17.0. The number of ketones is 1. The molecule has 2 N–H and O–H groups in total. The molecule has 0 amide bonds. The number of nitrogens with one attached hydrogen (secondary N) is 2. The number of H-pyrrole nitrogens is 1. The number of hydrogen-bond donors (Lipinski definition) is 2. The van der Waals surface area contributed by atoms with Gasteiger partial charge in [-0.3, -0.25) is 19.1 Å². The van der Waals surface area contributed by atoms with E-state index in [0.717, 1.165) is 16.7 Å². The summed E-state index contributed by atoms with van der Waals surface area (Å²) >= 11 is 0. The summed E-state index contributed by atoms with van der Waals surface area (Å²) in [5.74, 6) is 0.295. The summed E-state index contributed by atoms with van der Waals surface area (Å²) in [6, 6.07) is 24.6. The van der Waals surface area contributed by atoms with Gasteiger partial charge in [-0.1, -0.05) is 66.7 Å². The van der Waals surface area contributed by atoms with Crippen molar-refractivity contribution in [3.63, 3.8) is 0 Å². The molecule has 4 aromatic rings. The number of Topliss-reactive ketones (excluding diaryl/α,β-unsaturated/α-hetero) is 1. The molecule has 0 spiro atoms. The predicted molar refractivity (Wildman–Crippen MR) is 133 cm³/mol. The largest absolute Gasteiger partial charge is 0.489 e. The van der Waals surface area contributed by atoms with Crippen molar-refractivity contribution in [3.05, 3.63) is 133 Å². The van der Waals surface area contributed by atoms with E-state index in [1.54, 1.807) is 13.1 Å². The van der Waals surface area contributed by atoms with E-state index in [0.29, 0.717) is 40.6 Å². The molecule has 6 rings (SSSR count). The minimum absolute atomic E-state index is 0.128. The second kappa shape index (κ2) is 7.99. The van der Waals surface area contributed by atoms with Crippen molar-refractivity contribution >= 4 is 17.3 Å². The van der Waals surface area contributed by atoms with Gasteiger partial charge in [0.1, 0.15) is 18.2 Å². The Bertz CT molecular complexity index is 1630. The lowest BCUT2D eigenvalue weighted by molar-refractivity contribution is 0.103. The van der Waals surface area contributed by atoms with Crippen molar-refractivity contribution in [2.24, 2.45) is 7.05 Å². The first-order valence-electron chi connectivity index (χ1n) is 11.3. The van der Waals surface area contributed by atoms with E-state index in [1.165, 1.54) is 4.57 Å². The highest BCUT2D eigenvalue weighted by atomic mass is 16.5. The number of carbonyl (C=O) groups is 1. The topological polar surface area (TPSA) is 93.2 Å². The number of aromatic amines is 1. The summed E-state index contributed by atoms with van der Waals surface area (Å²) in [7, 11) is 1.59. The van der Waals surface area contributed by atoms with E-state index in [-0.39, 0.29) is 5.78 Å². The number of rotatable bonds is 4. The van der Waals surface area contributed by atoms with Gasteiger partial charge in [0.15, 0.2) is 5.78 Å². The number of fused-ring (bicyclic) bond motifs is 3. The molecule has 0 fully saturated rings. The van der Waals surface area contributed by atoms with Gasteiger partial charge in [-0.2, -0.15) is 0 Å². The van der Waals surface area contributed by atoms with Gasteiger partial charge in [-0.25, -0.2) is 4.79 Å². The number of aromatic nitrogens is 2. The Hall–Kier alpha value is -4.65. The Morgan fingerprint density at radius 1 is 0.857 bits per heavy atom. The van der Waals surface area contributed by atoms with Crippen LogP contribution in [0.15, 0.2) is 94.0 Å². The molecular formula is C28H21N3O4. The van der Waals surface area contributed by atoms with Gasteiger partial charge >= 0.3 is 5.69 Å². The first-order valence-corrected chi connectivity index (χ1v) is 11.3. The fourth-order valence-corrected chi connectivity index (χ4v) is 4.86. The van der Waals surface area contributed by atoms with Crippen LogP contribution in [0.3, 0.4) is 0 Å². The third-order valence-corrected chi connectivity index (χ3v) is 6.60. The van der Waals surface area contributed by atoms with Gasteiger partial charge < -0.3 is 10.1 Å². The smallest absolute Gasteiger partial charge is 0.329 e. The summed E-state index contributed by atoms with van der Waals surface area (Å²) < 4.78 is 7.29. The molecule has 7 heteroatoms. The average Bonchev–Trinajstić information content (AvgIpc) is 3.18. The lowest BCUT2D eigenvalue weighted by Gasteiger charge is -2.29.